The van der Waals surface area contributed by atoms with Gasteiger partial charge in [-0.3, -0.25) is 0 Å². The maximum absolute atomic E-state index is 5.91. The Hall–Kier alpha value is -1.96. The minimum Gasteiger partial charge on any atom is -0.496 e. The standard InChI is InChI=1S/C15H17NO/c1-11-12(7-5-8-14(11)16)10-13-6-3-4-9-15(13)17-2/h3-9H,10,16H2,1-2H3. The van der Waals surface area contributed by atoms with Gasteiger partial charge in [0.2, 0.25) is 0 Å². The maximum atomic E-state index is 5.91. The molecule has 2 heteroatoms. The van der Waals surface area contributed by atoms with Crippen molar-refractivity contribution < 1.29 is 4.74 Å². The lowest BCUT2D eigenvalue weighted by atomic mass is 9.99. The summed E-state index contributed by atoms with van der Waals surface area (Å²) in [7, 11) is 1.70. The Morgan fingerprint density at radius 1 is 1.00 bits per heavy atom. The molecule has 2 nitrogen and oxygen atoms in total. The first kappa shape index (κ1) is 11.5. The van der Waals surface area contributed by atoms with Crippen LogP contribution in [0.25, 0.3) is 0 Å². The van der Waals surface area contributed by atoms with Gasteiger partial charge in [-0.1, -0.05) is 30.3 Å². The zero-order chi connectivity index (χ0) is 12.3. The smallest absolute Gasteiger partial charge is 0.122 e. The fourth-order valence-electron chi connectivity index (χ4n) is 1.95. The van der Waals surface area contributed by atoms with Gasteiger partial charge in [-0.05, 0) is 35.7 Å². The van der Waals surface area contributed by atoms with Crippen LogP contribution in [0.5, 0.6) is 5.75 Å². The third-order valence-corrected chi connectivity index (χ3v) is 3.06. The maximum Gasteiger partial charge on any atom is 0.122 e. The van der Waals surface area contributed by atoms with E-state index < -0.39 is 0 Å². The summed E-state index contributed by atoms with van der Waals surface area (Å²) in [5, 5.41) is 0. The molecule has 0 aliphatic heterocycles. The number of anilines is 1. The highest BCUT2D eigenvalue weighted by Gasteiger charge is 2.06. The molecule has 0 amide bonds. The fraction of sp³-hybridized carbons (Fsp3) is 0.200. The van der Waals surface area contributed by atoms with Crippen LogP contribution in [0.4, 0.5) is 5.69 Å². The van der Waals surface area contributed by atoms with Crippen molar-refractivity contribution in [3.8, 4) is 5.75 Å². The Balaban J connectivity index is 2.35. The van der Waals surface area contributed by atoms with Gasteiger partial charge in [-0.25, -0.2) is 0 Å². The van der Waals surface area contributed by atoms with E-state index in [1.807, 2.05) is 30.3 Å². The second-order valence-corrected chi connectivity index (χ2v) is 4.12. The molecule has 88 valence electrons. The van der Waals surface area contributed by atoms with Crippen LogP contribution in [0.1, 0.15) is 16.7 Å². The molecule has 0 radical (unpaired) electrons. The number of nitrogens with two attached hydrogens (primary N) is 1. The molecule has 0 bridgehead atoms. The van der Waals surface area contributed by atoms with Crippen molar-refractivity contribution >= 4 is 5.69 Å². The summed E-state index contributed by atoms with van der Waals surface area (Å²) in [4.78, 5) is 0. The SMILES string of the molecule is COc1ccccc1Cc1cccc(N)c1C. The molecular weight excluding hydrogens is 210 g/mol. The highest BCUT2D eigenvalue weighted by atomic mass is 16.5. The molecule has 0 saturated heterocycles. The van der Waals surface area contributed by atoms with Gasteiger partial charge < -0.3 is 10.5 Å². The fourth-order valence-corrected chi connectivity index (χ4v) is 1.95. The second-order valence-electron chi connectivity index (χ2n) is 4.12. The van der Waals surface area contributed by atoms with E-state index in [9.17, 15) is 0 Å². The molecule has 0 saturated carbocycles. The quantitative estimate of drug-likeness (QED) is 0.817. The van der Waals surface area contributed by atoms with Crippen LogP contribution in [0.2, 0.25) is 0 Å². The van der Waals surface area contributed by atoms with Gasteiger partial charge in [0.25, 0.3) is 0 Å². The van der Waals surface area contributed by atoms with Gasteiger partial charge >= 0.3 is 0 Å². The van der Waals surface area contributed by atoms with Crippen molar-refractivity contribution in [2.24, 2.45) is 0 Å². The molecule has 2 rings (SSSR count). The van der Waals surface area contributed by atoms with Crippen molar-refractivity contribution in [3.05, 3.63) is 59.2 Å². The van der Waals surface area contributed by atoms with Crippen LogP contribution in [-0.2, 0) is 6.42 Å². The van der Waals surface area contributed by atoms with Gasteiger partial charge in [0.05, 0.1) is 7.11 Å². The first-order valence-corrected chi connectivity index (χ1v) is 5.68. The topological polar surface area (TPSA) is 35.2 Å². The van der Waals surface area contributed by atoms with Crippen LogP contribution < -0.4 is 10.5 Å². The van der Waals surface area contributed by atoms with Crippen LogP contribution >= 0.6 is 0 Å². The predicted octanol–water partition coefficient (Wildman–Crippen LogP) is 3.18. The second kappa shape index (κ2) is 4.91. The van der Waals surface area contributed by atoms with Crippen molar-refractivity contribution in [3.63, 3.8) is 0 Å². The number of methoxy groups -OCH3 is 1. The van der Waals surface area contributed by atoms with Gasteiger partial charge in [0, 0.05) is 12.1 Å². The largest absolute Gasteiger partial charge is 0.496 e. The summed E-state index contributed by atoms with van der Waals surface area (Å²) in [5.41, 5.74) is 10.3. The third-order valence-electron chi connectivity index (χ3n) is 3.06. The minimum atomic E-state index is 0.845. The van der Waals surface area contributed by atoms with Crippen LogP contribution in [0, 0.1) is 6.92 Å². The molecule has 2 aromatic rings. The van der Waals surface area contributed by atoms with Crippen molar-refractivity contribution in [2.75, 3.05) is 12.8 Å². The number of para-hydroxylation sites is 1. The molecule has 2 aromatic carbocycles. The number of benzene rings is 2. The van der Waals surface area contributed by atoms with E-state index >= 15 is 0 Å². The van der Waals surface area contributed by atoms with Crippen molar-refractivity contribution in [2.45, 2.75) is 13.3 Å². The average molecular weight is 227 g/mol. The predicted molar refractivity (Wildman–Crippen MR) is 71.4 cm³/mol. The first-order valence-electron chi connectivity index (χ1n) is 5.68. The molecular formula is C15H17NO. The average Bonchev–Trinajstić information content (AvgIpc) is 2.35. The molecule has 2 N–H and O–H groups in total. The van der Waals surface area contributed by atoms with Crippen LogP contribution in [-0.4, -0.2) is 7.11 Å². The zero-order valence-corrected chi connectivity index (χ0v) is 10.2. The Labute approximate surface area is 102 Å². The lowest BCUT2D eigenvalue weighted by molar-refractivity contribution is 0.410. The molecule has 0 aliphatic rings. The summed E-state index contributed by atoms with van der Waals surface area (Å²) in [6, 6.07) is 14.1. The van der Waals surface area contributed by atoms with Crippen molar-refractivity contribution in [1.29, 1.82) is 0 Å². The van der Waals surface area contributed by atoms with E-state index in [-0.39, 0.29) is 0 Å². The number of rotatable bonds is 3. The van der Waals surface area contributed by atoms with E-state index in [1.54, 1.807) is 7.11 Å². The summed E-state index contributed by atoms with van der Waals surface area (Å²) in [5.74, 6) is 0.925. The molecule has 0 aliphatic carbocycles. The third kappa shape index (κ3) is 2.41. The van der Waals surface area contributed by atoms with E-state index in [4.69, 9.17) is 10.5 Å². The normalized spacial score (nSPS) is 10.2. The molecule has 0 aromatic heterocycles. The lowest BCUT2D eigenvalue weighted by Crippen LogP contribution is -1.98. The van der Waals surface area contributed by atoms with E-state index in [0.717, 1.165) is 23.4 Å². The van der Waals surface area contributed by atoms with Crippen LogP contribution in [0.3, 0.4) is 0 Å². The van der Waals surface area contributed by atoms with Crippen LogP contribution in [0.15, 0.2) is 42.5 Å². The summed E-state index contributed by atoms with van der Waals surface area (Å²) in [6.45, 7) is 2.06. The Bertz CT molecular complexity index is 520. The number of hydrogen-bond acceptors (Lipinski definition) is 2. The Morgan fingerprint density at radius 2 is 1.71 bits per heavy atom. The summed E-state index contributed by atoms with van der Waals surface area (Å²) in [6.07, 6.45) is 0.848. The molecule has 0 fully saturated rings. The summed E-state index contributed by atoms with van der Waals surface area (Å²) < 4.78 is 5.36. The molecule has 0 atom stereocenters. The van der Waals surface area contributed by atoms with E-state index in [0.29, 0.717) is 0 Å². The lowest BCUT2D eigenvalue weighted by Gasteiger charge is -2.11. The Morgan fingerprint density at radius 3 is 2.47 bits per heavy atom. The number of nitrogen functional groups attached to an aromatic ring is 1. The van der Waals surface area contributed by atoms with Gasteiger partial charge in [0.1, 0.15) is 5.75 Å². The molecule has 17 heavy (non-hydrogen) atoms. The van der Waals surface area contributed by atoms with Crippen molar-refractivity contribution in [1.82, 2.24) is 0 Å². The summed E-state index contributed by atoms with van der Waals surface area (Å²) >= 11 is 0. The number of ether oxygens (including phenoxy) is 1. The van der Waals surface area contributed by atoms with E-state index in [1.165, 1.54) is 11.1 Å². The molecule has 0 heterocycles. The minimum absolute atomic E-state index is 0.845. The monoisotopic (exact) mass is 227 g/mol. The van der Waals surface area contributed by atoms with Gasteiger partial charge in [0.15, 0.2) is 0 Å². The van der Waals surface area contributed by atoms with Gasteiger partial charge in [-0.2, -0.15) is 0 Å². The Kier molecular flexibility index (Phi) is 3.33. The first-order chi connectivity index (χ1) is 8.22. The molecule has 0 unspecified atom stereocenters. The zero-order valence-electron chi connectivity index (χ0n) is 10.2. The molecule has 0 spiro atoms. The van der Waals surface area contributed by atoms with Gasteiger partial charge in [-0.15, -0.1) is 0 Å². The number of hydrogen-bond donors (Lipinski definition) is 1. The van der Waals surface area contributed by atoms with E-state index in [2.05, 4.69) is 19.1 Å². The highest BCUT2D eigenvalue weighted by Crippen LogP contribution is 2.24. The highest BCUT2D eigenvalue weighted by molar-refractivity contribution is 5.52.